The van der Waals surface area contributed by atoms with Crippen LogP contribution in [0.4, 0.5) is 13.2 Å². The zero-order valence-corrected chi connectivity index (χ0v) is 15.7. The van der Waals surface area contributed by atoms with Crippen LogP contribution in [0.1, 0.15) is 50.2 Å². The van der Waals surface area contributed by atoms with Crippen molar-refractivity contribution in [2.75, 3.05) is 6.54 Å². The van der Waals surface area contributed by atoms with E-state index in [9.17, 15) is 13.2 Å². The summed E-state index contributed by atoms with van der Waals surface area (Å²) in [4.78, 5) is 0. The average molecular weight is 373 g/mol. The number of allylic oxidation sites excluding steroid dienone is 6. The molecule has 1 nitrogen and oxygen atoms in total. The maximum atomic E-state index is 12.9. The minimum absolute atomic E-state index is 0.456. The number of unbranched alkanes of at least 4 members (excludes halogenated alkanes) is 2. The fourth-order valence-corrected chi connectivity index (χ4v) is 4.32. The number of rotatable bonds is 7. The van der Waals surface area contributed by atoms with Crippen LogP contribution in [0.3, 0.4) is 0 Å². The molecular formula is C23H26F3N. The van der Waals surface area contributed by atoms with Crippen LogP contribution < -0.4 is 5.32 Å². The molecule has 1 unspecified atom stereocenters. The fraction of sp³-hybridized carbons (Fsp3) is 0.391. The van der Waals surface area contributed by atoms with Crippen molar-refractivity contribution in [3.8, 4) is 0 Å². The number of alkyl halides is 3. The van der Waals surface area contributed by atoms with E-state index < -0.39 is 18.1 Å². The predicted octanol–water partition coefficient (Wildman–Crippen LogP) is 6.45. The van der Waals surface area contributed by atoms with Gasteiger partial charge in [-0.25, -0.2) is 0 Å². The van der Waals surface area contributed by atoms with Gasteiger partial charge >= 0.3 is 6.18 Å². The second-order valence-electron chi connectivity index (χ2n) is 7.24. The van der Waals surface area contributed by atoms with Crippen LogP contribution in [-0.2, 0) is 5.41 Å². The molecule has 0 amide bonds. The second kappa shape index (κ2) is 7.79. The van der Waals surface area contributed by atoms with Crippen molar-refractivity contribution in [3.05, 3.63) is 77.5 Å². The van der Waals surface area contributed by atoms with E-state index >= 15 is 0 Å². The minimum atomic E-state index is -4.27. The van der Waals surface area contributed by atoms with Crippen molar-refractivity contribution in [2.24, 2.45) is 0 Å². The predicted molar refractivity (Wildman–Crippen MR) is 105 cm³/mol. The highest BCUT2D eigenvalue weighted by atomic mass is 19.4. The van der Waals surface area contributed by atoms with E-state index in [-0.39, 0.29) is 0 Å². The first-order valence-electron chi connectivity index (χ1n) is 9.57. The topological polar surface area (TPSA) is 12.0 Å². The van der Waals surface area contributed by atoms with Gasteiger partial charge in [-0.1, -0.05) is 81.3 Å². The van der Waals surface area contributed by atoms with Crippen molar-refractivity contribution < 1.29 is 13.2 Å². The Hall–Kier alpha value is -2.23. The molecule has 2 aliphatic rings. The molecule has 27 heavy (non-hydrogen) atoms. The van der Waals surface area contributed by atoms with E-state index in [1.807, 2.05) is 30.4 Å². The molecule has 1 aromatic rings. The molecule has 2 aliphatic carbocycles. The van der Waals surface area contributed by atoms with Crippen LogP contribution in [0.25, 0.3) is 5.57 Å². The summed E-state index contributed by atoms with van der Waals surface area (Å²) in [5.41, 5.74) is 4.33. The van der Waals surface area contributed by atoms with Gasteiger partial charge in [0.05, 0.1) is 5.41 Å². The average Bonchev–Trinajstić information content (AvgIpc) is 2.78. The lowest BCUT2D eigenvalue weighted by molar-refractivity contribution is -0.123. The number of hydrogen-bond donors (Lipinski definition) is 1. The maximum absolute atomic E-state index is 12.9. The number of benzene rings is 1. The summed E-state index contributed by atoms with van der Waals surface area (Å²) >= 11 is 0. The Morgan fingerprint density at radius 1 is 1.19 bits per heavy atom. The van der Waals surface area contributed by atoms with Crippen molar-refractivity contribution in [3.63, 3.8) is 0 Å². The zero-order chi connectivity index (χ0) is 19.5. The molecule has 0 saturated carbocycles. The molecular weight excluding hydrogens is 347 g/mol. The molecule has 1 atom stereocenters. The Kier molecular flexibility index (Phi) is 5.64. The van der Waals surface area contributed by atoms with Crippen molar-refractivity contribution in [2.45, 2.75) is 50.6 Å². The Morgan fingerprint density at radius 3 is 2.70 bits per heavy atom. The summed E-state index contributed by atoms with van der Waals surface area (Å²) in [5.74, 6) is 0. The van der Waals surface area contributed by atoms with Gasteiger partial charge < -0.3 is 5.32 Å². The highest BCUT2D eigenvalue weighted by Gasteiger charge is 2.46. The van der Waals surface area contributed by atoms with Gasteiger partial charge in [-0.05, 0) is 35.1 Å². The van der Waals surface area contributed by atoms with Gasteiger partial charge in [0.1, 0.15) is 6.54 Å². The summed E-state index contributed by atoms with van der Waals surface area (Å²) in [7, 11) is 0. The lowest BCUT2D eigenvalue weighted by atomic mass is 9.70. The fourth-order valence-electron chi connectivity index (χ4n) is 4.32. The van der Waals surface area contributed by atoms with Gasteiger partial charge in [-0.3, -0.25) is 0 Å². The van der Waals surface area contributed by atoms with E-state index in [4.69, 9.17) is 0 Å². The largest absolute Gasteiger partial charge is 0.405 e. The second-order valence-corrected chi connectivity index (χ2v) is 7.24. The van der Waals surface area contributed by atoms with E-state index in [1.165, 1.54) is 0 Å². The van der Waals surface area contributed by atoms with Crippen LogP contribution in [0.2, 0.25) is 0 Å². The van der Waals surface area contributed by atoms with Crippen LogP contribution in [0, 0.1) is 0 Å². The van der Waals surface area contributed by atoms with Gasteiger partial charge in [0.2, 0.25) is 0 Å². The lowest BCUT2D eigenvalue weighted by Crippen LogP contribution is -2.39. The summed E-state index contributed by atoms with van der Waals surface area (Å²) in [6, 6.07) is 8.08. The molecule has 0 saturated heterocycles. The molecule has 0 fully saturated rings. The van der Waals surface area contributed by atoms with Gasteiger partial charge in [0, 0.05) is 5.70 Å². The number of fused-ring (bicyclic) bond motifs is 2. The molecule has 0 heterocycles. The Morgan fingerprint density at radius 2 is 1.96 bits per heavy atom. The van der Waals surface area contributed by atoms with E-state index in [1.54, 1.807) is 0 Å². The monoisotopic (exact) mass is 373 g/mol. The van der Waals surface area contributed by atoms with Gasteiger partial charge in [0.15, 0.2) is 0 Å². The van der Waals surface area contributed by atoms with Gasteiger partial charge in [-0.15, -0.1) is 0 Å². The summed E-state index contributed by atoms with van der Waals surface area (Å²) < 4.78 is 38.7. The molecule has 144 valence electrons. The minimum Gasteiger partial charge on any atom is -0.379 e. The molecule has 1 N–H and O–H groups in total. The maximum Gasteiger partial charge on any atom is 0.405 e. The molecule has 0 radical (unpaired) electrons. The molecule has 1 aromatic carbocycles. The van der Waals surface area contributed by atoms with Crippen molar-refractivity contribution in [1.29, 1.82) is 0 Å². The van der Waals surface area contributed by atoms with Crippen LogP contribution in [0.5, 0.6) is 0 Å². The number of hydrogen-bond acceptors (Lipinski definition) is 1. The van der Waals surface area contributed by atoms with Crippen LogP contribution in [-0.4, -0.2) is 12.7 Å². The van der Waals surface area contributed by atoms with Gasteiger partial charge in [-0.2, -0.15) is 13.2 Å². The van der Waals surface area contributed by atoms with Crippen LogP contribution >= 0.6 is 0 Å². The van der Waals surface area contributed by atoms with Crippen molar-refractivity contribution in [1.82, 2.24) is 5.32 Å². The standard InChI is InChI=1S/C23H26F3N/c1-3-4-10-15-22(17(2)27-16-23(24,25)26)20-13-7-5-6-11-18(20)19-12-8-9-14-21(19)22/h5-9,11-12,14,27H,2-4,10,13,15-16H2,1H3. The third-order valence-corrected chi connectivity index (χ3v) is 5.52. The third kappa shape index (κ3) is 3.76. The molecule has 0 bridgehead atoms. The van der Waals surface area contributed by atoms with Gasteiger partial charge in [0.25, 0.3) is 0 Å². The quantitative estimate of drug-likeness (QED) is 0.541. The SMILES string of the molecule is C=C(NCC(F)(F)F)C1(CCCCC)C2=C(C=CC=CC2)c2ccccc21. The summed E-state index contributed by atoms with van der Waals surface area (Å²) in [6.45, 7) is 5.19. The van der Waals surface area contributed by atoms with E-state index in [0.29, 0.717) is 5.70 Å². The zero-order valence-electron chi connectivity index (χ0n) is 15.7. The molecule has 3 rings (SSSR count). The first kappa shape index (κ1) is 19.5. The lowest BCUT2D eigenvalue weighted by Gasteiger charge is -2.37. The molecule has 0 spiro atoms. The first-order valence-corrected chi connectivity index (χ1v) is 9.57. The molecule has 0 aromatic heterocycles. The smallest absolute Gasteiger partial charge is 0.379 e. The normalized spacial score (nSPS) is 21.0. The number of halogens is 3. The Bertz CT molecular complexity index is 798. The van der Waals surface area contributed by atoms with E-state index in [0.717, 1.165) is 54.4 Å². The van der Waals surface area contributed by atoms with Crippen molar-refractivity contribution >= 4 is 5.57 Å². The van der Waals surface area contributed by atoms with Crippen LogP contribution in [0.15, 0.2) is 66.4 Å². The summed E-state index contributed by atoms with van der Waals surface area (Å²) in [5, 5.41) is 2.62. The highest BCUT2D eigenvalue weighted by molar-refractivity contribution is 5.88. The van der Waals surface area contributed by atoms with E-state index in [2.05, 4.69) is 37.0 Å². The summed E-state index contributed by atoms with van der Waals surface area (Å²) in [6.07, 6.45) is 8.44. The Labute approximate surface area is 159 Å². The Balaban J connectivity index is 2.09. The third-order valence-electron chi connectivity index (χ3n) is 5.52. The first-order chi connectivity index (χ1) is 12.9. The molecule has 4 heteroatoms. The molecule has 0 aliphatic heterocycles. The highest BCUT2D eigenvalue weighted by Crippen LogP contribution is 2.54. The number of nitrogens with one attached hydrogen (secondary N) is 1.